The van der Waals surface area contributed by atoms with Crippen molar-refractivity contribution in [2.75, 3.05) is 18.5 Å². The van der Waals surface area contributed by atoms with Gasteiger partial charge in [0.2, 0.25) is 0 Å². The fourth-order valence-electron chi connectivity index (χ4n) is 2.34. The van der Waals surface area contributed by atoms with E-state index in [2.05, 4.69) is 17.2 Å². The van der Waals surface area contributed by atoms with Gasteiger partial charge < -0.3 is 15.2 Å². The molecule has 0 aliphatic carbocycles. The molecule has 1 aliphatic heterocycles. The molecule has 1 aliphatic rings. The summed E-state index contributed by atoms with van der Waals surface area (Å²) in [6.45, 7) is 7.64. The molecule has 2 rings (SSSR count). The first-order valence-corrected chi connectivity index (χ1v) is 7.08. The van der Waals surface area contributed by atoms with E-state index < -0.39 is 5.97 Å². The largest absolute Gasteiger partial charge is 0.478 e. The molecule has 2 heterocycles. The lowest BCUT2D eigenvalue weighted by Crippen LogP contribution is -2.21. The molecule has 20 heavy (non-hydrogen) atoms. The number of hydrogen-bond acceptors (Lipinski definition) is 4. The van der Waals surface area contributed by atoms with E-state index in [0.29, 0.717) is 11.7 Å². The van der Waals surface area contributed by atoms with Gasteiger partial charge in [0.1, 0.15) is 5.82 Å². The number of ether oxygens (including phenoxy) is 1. The van der Waals surface area contributed by atoms with Gasteiger partial charge in [-0.2, -0.15) is 0 Å². The molecule has 0 bridgehead atoms. The number of anilines is 1. The minimum atomic E-state index is -0.921. The molecule has 0 spiro atoms. The van der Waals surface area contributed by atoms with Gasteiger partial charge in [-0.1, -0.05) is 13.8 Å². The monoisotopic (exact) mass is 278 g/mol. The molecule has 1 fully saturated rings. The number of nitrogens with one attached hydrogen (secondary N) is 1. The molecule has 0 saturated carbocycles. The third-order valence-electron chi connectivity index (χ3n) is 3.76. The summed E-state index contributed by atoms with van der Waals surface area (Å²) in [5, 5.41) is 12.4. The highest BCUT2D eigenvalue weighted by molar-refractivity contribution is 5.88. The van der Waals surface area contributed by atoms with E-state index in [1.807, 2.05) is 13.8 Å². The van der Waals surface area contributed by atoms with Gasteiger partial charge in [-0.05, 0) is 31.4 Å². The SMILES string of the molecule is CC(C)c1cc(C(=O)O)cc(NCC2CCOC2C)n1. The van der Waals surface area contributed by atoms with Crippen molar-refractivity contribution in [3.63, 3.8) is 0 Å². The van der Waals surface area contributed by atoms with Crippen LogP contribution in [0.25, 0.3) is 0 Å². The summed E-state index contributed by atoms with van der Waals surface area (Å²) >= 11 is 0. The van der Waals surface area contributed by atoms with Gasteiger partial charge >= 0.3 is 5.97 Å². The molecule has 2 N–H and O–H groups in total. The molecule has 1 aromatic heterocycles. The van der Waals surface area contributed by atoms with Crippen LogP contribution in [0.5, 0.6) is 0 Å². The summed E-state index contributed by atoms with van der Waals surface area (Å²) in [5.74, 6) is 0.360. The summed E-state index contributed by atoms with van der Waals surface area (Å²) < 4.78 is 5.52. The highest BCUT2D eigenvalue weighted by atomic mass is 16.5. The predicted molar refractivity (Wildman–Crippen MR) is 77.3 cm³/mol. The van der Waals surface area contributed by atoms with Crippen molar-refractivity contribution < 1.29 is 14.6 Å². The molecule has 1 saturated heterocycles. The van der Waals surface area contributed by atoms with Crippen molar-refractivity contribution >= 4 is 11.8 Å². The quantitative estimate of drug-likeness (QED) is 0.866. The van der Waals surface area contributed by atoms with E-state index in [-0.39, 0.29) is 17.6 Å². The Kier molecular flexibility index (Phi) is 4.60. The van der Waals surface area contributed by atoms with E-state index in [0.717, 1.165) is 25.3 Å². The van der Waals surface area contributed by atoms with E-state index >= 15 is 0 Å². The Morgan fingerprint density at radius 1 is 1.55 bits per heavy atom. The number of hydrogen-bond donors (Lipinski definition) is 2. The van der Waals surface area contributed by atoms with E-state index in [9.17, 15) is 4.79 Å². The molecule has 5 nitrogen and oxygen atoms in total. The van der Waals surface area contributed by atoms with Gasteiger partial charge in [-0.15, -0.1) is 0 Å². The predicted octanol–water partition coefficient (Wildman–Crippen LogP) is 2.74. The Hall–Kier alpha value is -1.62. The van der Waals surface area contributed by atoms with E-state index in [1.54, 1.807) is 12.1 Å². The summed E-state index contributed by atoms with van der Waals surface area (Å²) in [5.41, 5.74) is 1.07. The van der Waals surface area contributed by atoms with Gasteiger partial charge in [0, 0.05) is 24.8 Å². The maximum absolute atomic E-state index is 11.2. The topological polar surface area (TPSA) is 71.5 Å². The Morgan fingerprint density at radius 2 is 2.30 bits per heavy atom. The maximum Gasteiger partial charge on any atom is 0.335 e. The van der Waals surface area contributed by atoms with Crippen molar-refractivity contribution in [2.45, 2.75) is 39.2 Å². The number of carbonyl (C=O) groups is 1. The van der Waals surface area contributed by atoms with Crippen molar-refractivity contribution in [1.29, 1.82) is 0 Å². The molecule has 2 atom stereocenters. The van der Waals surface area contributed by atoms with Crippen LogP contribution < -0.4 is 5.32 Å². The van der Waals surface area contributed by atoms with E-state index in [4.69, 9.17) is 9.84 Å². The van der Waals surface area contributed by atoms with Gasteiger partial charge in [0.15, 0.2) is 0 Å². The van der Waals surface area contributed by atoms with Crippen LogP contribution in [0, 0.1) is 5.92 Å². The zero-order valence-electron chi connectivity index (χ0n) is 12.2. The Bertz CT molecular complexity index is 488. The van der Waals surface area contributed by atoms with Crippen LogP contribution in [0.3, 0.4) is 0 Å². The van der Waals surface area contributed by atoms with Crippen LogP contribution in [-0.2, 0) is 4.74 Å². The third kappa shape index (κ3) is 3.48. The first kappa shape index (κ1) is 14.8. The second-order valence-corrected chi connectivity index (χ2v) is 5.63. The molecular formula is C15H22N2O3. The van der Waals surface area contributed by atoms with Crippen LogP contribution in [0.15, 0.2) is 12.1 Å². The first-order valence-electron chi connectivity index (χ1n) is 7.08. The summed E-state index contributed by atoms with van der Waals surface area (Å²) in [6.07, 6.45) is 1.28. The molecular weight excluding hydrogens is 256 g/mol. The average Bonchev–Trinajstić information content (AvgIpc) is 2.81. The van der Waals surface area contributed by atoms with Crippen LogP contribution in [-0.4, -0.2) is 35.3 Å². The molecule has 2 unspecified atom stereocenters. The first-order chi connectivity index (χ1) is 9.47. The van der Waals surface area contributed by atoms with Gasteiger partial charge in [0.25, 0.3) is 0 Å². The zero-order chi connectivity index (χ0) is 14.7. The highest BCUT2D eigenvalue weighted by Crippen LogP contribution is 2.22. The fourth-order valence-corrected chi connectivity index (χ4v) is 2.34. The number of aromatic nitrogens is 1. The van der Waals surface area contributed by atoms with Crippen molar-refractivity contribution in [2.24, 2.45) is 5.92 Å². The lowest BCUT2D eigenvalue weighted by atomic mass is 10.0. The number of carboxylic acid groups (broad SMARTS) is 1. The number of nitrogens with zero attached hydrogens (tertiary/aromatic N) is 1. The average molecular weight is 278 g/mol. The van der Waals surface area contributed by atoms with Gasteiger partial charge in [-0.3, -0.25) is 0 Å². The van der Waals surface area contributed by atoms with Gasteiger partial charge in [-0.25, -0.2) is 9.78 Å². The van der Waals surface area contributed by atoms with Crippen LogP contribution in [0.1, 0.15) is 49.2 Å². The molecule has 0 radical (unpaired) electrons. The molecule has 110 valence electrons. The Balaban J connectivity index is 2.11. The van der Waals surface area contributed by atoms with Crippen LogP contribution >= 0.6 is 0 Å². The van der Waals surface area contributed by atoms with E-state index in [1.165, 1.54) is 0 Å². The normalized spacial score (nSPS) is 22.2. The smallest absolute Gasteiger partial charge is 0.335 e. The minimum Gasteiger partial charge on any atom is -0.478 e. The number of rotatable bonds is 5. The molecule has 1 aromatic rings. The Labute approximate surface area is 119 Å². The second-order valence-electron chi connectivity index (χ2n) is 5.63. The van der Waals surface area contributed by atoms with Crippen LogP contribution in [0.2, 0.25) is 0 Å². The third-order valence-corrected chi connectivity index (χ3v) is 3.76. The lowest BCUT2D eigenvalue weighted by molar-refractivity contribution is 0.0696. The second kappa shape index (κ2) is 6.22. The van der Waals surface area contributed by atoms with Crippen LogP contribution in [0.4, 0.5) is 5.82 Å². The zero-order valence-corrected chi connectivity index (χ0v) is 12.2. The number of aromatic carboxylic acids is 1. The van der Waals surface area contributed by atoms with Crippen molar-refractivity contribution in [3.05, 3.63) is 23.4 Å². The lowest BCUT2D eigenvalue weighted by Gasteiger charge is -2.16. The molecule has 0 aromatic carbocycles. The minimum absolute atomic E-state index is 0.198. The summed E-state index contributed by atoms with van der Waals surface area (Å²) in [6, 6.07) is 3.23. The van der Waals surface area contributed by atoms with Gasteiger partial charge in [0.05, 0.1) is 11.7 Å². The summed E-state index contributed by atoms with van der Waals surface area (Å²) in [7, 11) is 0. The highest BCUT2D eigenvalue weighted by Gasteiger charge is 2.24. The Morgan fingerprint density at radius 3 is 2.85 bits per heavy atom. The molecule has 0 amide bonds. The van der Waals surface area contributed by atoms with Crippen molar-refractivity contribution in [3.8, 4) is 0 Å². The van der Waals surface area contributed by atoms with Crippen molar-refractivity contribution in [1.82, 2.24) is 4.98 Å². The number of carboxylic acids is 1. The fraction of sp³-hybridized carbons (Fsp3) is 0.600. The summed E-state index contributed by atoms with van der Waals surface area (Å²) in [4.78, 5) is 15.7. The standard InChI is InChI=1S/C15H22N2O3/c1-9(2)13-6-12(15(18)19)7-14(17-13)16-8-11-4-5-20-10(11)3/h6-7,9-11H,4-5,8H2,1-3H3,(H,16,17)(H,18,19). The number of pyridine rings is 1. The molecule has 5 heteroatoms. The maximum atomic E-state index is 11.2.